The average Bonchev–Trinajstić information content (AvgIpc) is 2.92. The number of unbranched alkanes of at least 4 members (excludes halogenated alkanes) is 1. The molecular formula is C17H23BrO2. The Kier molecular flexibility index (Phi) is 6.44. The van der Waals surface area contributed by atoms with Crippen LogP contribution in [0.1, 0.15) is 44.6 Å². The van der Waals surface area contributed by atoms with E-state index in [1.54, 1.807) is 5.57 Å². The van der Waals surface area contributed by atoms with Crippen molar-refractivity contribution in [1.82, 2.24) is 0 Å². The van der Waals surface area contributed by atoms with E-state index >= 15 is 0 Å². The van der Waals surface area contributed by atoms with Gasteiger partial charge in [-0.2, -0.15) is 0 Å². The number of aryl methyl sites for hydroxylation is 1. The third-order valence-electron chi connectivity index (χ3n) is 3.57. The Morgan fingerprint density at radius 2 is 2.10 bits per heavy atom. The molecule has 0 saturated heterocycles. The molecule has 0 unspecified atom stereocenters. The molecule has 1 aromatic rings. The minimum atomic E-state index is 0.352. The van der Waals surface area contributed by atoms with Crippen LogP contribution in [-0.2, 0) is 6.42 Å². The topological polar surface area (TPSA) is 18.5 Å². The second-order valence-electron chi connectivity index (χ2n) is 5.13. The zero-order valence-corrected chi connectivity index (χ0v) is 13.7. The first-order valence-corrected chi connectivity index (χ1v) is 8.58. The lowest BCUT2D eigenvalue weighted by Crippen LogP contribution is -1.93. The van der Waals surface area contributed by atoms with E-state index in [-0.39, 0.29) is 0 Å². The van der Waals surface area contributed by atoms with Crippen molar-refractivity contribution >= 4 is 15.9 Å². The Bertz CT molecular complexity index is 454. The van der Waals surface area contributed by atoms with Crippen molar-refractivity contribution in [3.8, 4) is 11.5 Å². The van der Waals surface area contributed by atoms with Crippen molar-refractivity contribution in [3.05, 3.63) is 35.4 Å². The minimum Gasteiger partial charge on any atom is -0.454 e. The lowest BCUT2D eigenvalue weighted by Gasteiger charge is -2.06. The van der Waals surface area contributed by atoms with Crippen molar-refractivity contribution in [2.45, 2.75) is 45.4 Å². The predicted octanol–water partition coefficient (Wildman–Crippen LogP) is 5.25. The molecule has 2 rings (SSSR count). The van der Waals surface area contributed by atoms with Crippen LogP contribution in [0.15, 0.2) is 29.8 Å². The maximum absolute atomic E-state index is 5.41. The van der Waals surface area contributed by atoms with Gasteiger partial charge in [-0.1, -0.05) is 47.0 Å². The van der Waals surface area contributed by atoms with Crippen LogP contribution in [0.25, 0.3) is 0 Å². The number of fused-ring (bicyclic) bond motifs is 1. The zero-order valence-electron chi connectivity index (χ0n) is 12.2. The van der Waals surface area contributed by atoms with Gasteiger partial charge in [0.15, 0.2) is 11.5 Å². The molecule has 0 N–H and O–H groups in total. The molecule has 0 fully saturated rings. The molecule has 0 aliphatic carbocycles. The highest BCUT2D eigenvalue weighted by molar-refractivity contribution is 9.09. The number of rotatable bonds is 8. The summed E-state index contributed by atoms with van der Waals surface area (Å²) in [4.78, 5) is 0. The Morgan fingerprint density at radius 3 is 2.90 bits per heavy atom. The van der Waals surface area contributed by atoms with Gasteiger partial charge < -0.3 is 9.47 Å². The molecule has 0 spiro atoms. The molecular weight excluding hydrogens is 316 g/mol. The second kappa shape index (κ2) is 8.35. The predicted molar refractivity (Wildman–Crippen MR) is 86.9 cm³/mol. The van der Waals surface area contributed by atoms with Crippen molar-refractivity contribution in [1.29, 1.82) is 0 Å². The van der Waals surface area contributed by atoms with E-state index in [0.29, 0.717) is 6.79 Å². The molecule has 1 aromatic carbocycles. The van der Waals surface area contributed by atoms with Crippen molar-refractivity contribution in [3.63, 3.8) is 0 Å². The van der Waals surface area contributed by atoms with Crippen LogP contribution in [0.5, 0.6) is 11.5 Å². The Labute approximate surface area is 130 Å². The highest BCUT2D eigenvalue weighted by Crippen LogP contribution is 2.32. The molecule has 110 valence electrons. The first-order valence-electron chi connectivity index (χ1n) is 7.46. The van der Waals surface area contributed by atoms with Gasteiger partial charge in [-0.05, 0) is 49.8 Å². The molecule has 1 aliphatic heterocycles. The average molecular weight is 339 g/mol. The lowest BCUT2D eigenvalue weighted by atomic mass is 10.0. The molecule has 1 heterocycles. The molecule has 2 nitrogen and oxygen atoms in total. The third kappa shape index (κ3) is 4.55. The van der Waals surface area contributed by atoms with E-state index in [1.165, 1.54) is 31.2 Å². The molecule has 0 radical (unpaired) electrons. The lowest BCUT2D eigenvalue weighted by molar-refractivity contribution is 0.174. The van der Waals surface area contributed by atoms with Crippen LogP contribution >= 0.6 is 15.9 Å². The van der Waals surface area contributed by atoms with Crippen LogP contribution in [0.2, 0.25) is 0 Å². The summed E-state index contributed by atoms with van der Waals surface area (Å²) >= 11 is 3.54. The van der Waals surface area contributed by atoms with Crippen LogP contribution < -0.4 is 9.47 Å². The number of halogens is 1. The monoisotopic (exact) mass is 338 g/mol. The molecule has 20 heavy (non-hydrogen) atoms. The molecule has 0 aromatic heterocycles. The van der Waals surface area contributed by atoms with Crippen molar-refractivity contribution in [2.24, 2.45) is 0 Å². The van der Waals surface area contributed by atoms with E-state index in [2.05, 4.69) is 41.1 Å². The molecule has 0 bridgehead atoms. The van der Waals surface area contributed by atoms with E-state index in [0.717, 1.165) is 29.7 Å². The fourth-order valence-electron chi connectivity index (χ4n) is 2.39. The number of ether oxygens (including phenoxy) is 2. The van der Waals surface area contributed by atoms with Gasteiger partial charge in [0.25, 0.3) is 0 Å². The quantitative estimate of drug-likeness (QED) is 0.476. The van der Waals surface area contributed by atoms with E-state index in [9.17, 15) is 0 Å². The molecule has 1 aliphatic rings. The Hall–Kier alpha value is -0.960. The van der Waals surface area contributed by atoms with Crippen molar-refractivity contribution < 1.29 is 9.47 Å². The second-order valence-corrected chi connectivity index (χ2v) is 5.92. The fraction of sp³-hybridized carbons (Fsp3) is 0.529. The molecule has 0 atom stereocenters. The van der Waals surface area contributed by atoms with Gasteiger partial charge in [-0.25, -0.2) is 0 Å². The summed E-state index contributed by atoms with van der Waals surface area (Å²) in [6.45, 7) is 2.60. The first-order chi connectivity index (χ1) is 9.83. The smallest absolute Gasteiger partial charge is 0.231 e. The van der Waals surface area contributed by atoms with Crippen molar-refractivity contribution in [2.75, 3.05) is 12.1 Å². The standard InChI is InChI=1S/C17H23BrO2/c1-2-3-5-14(10-11-18)6-4-7-15-8-9-16-17(12-15)20-13-19-16/h6,8-9,12H,2-5,7,10-11,13H2,1H3/b14-6+. The highest BCUT2D eigenvalue weighted by atomic mass is 79.9. The van der Waals surface area contributed by atoms with E-state index in [1.807, 2.05) is 6.07 Å². The van der Waals surface area contributed by atoms with Gasteiger partial charge >= 0.3 is 0 Å². The maximum atomic E-state index is 5.41. The largest absolute Gasteiger partial charge is 0.454 e. The van der Waals surface area contributed by atoms with Crippen LogP contribution in [-0.4, -0.2) is 12.1 Å². The Balaban J connectivity index is 1.86. The fourth-order valence-corrected chi connectivity index (χ4v) is 2.90. The summed E-state index contributed by atoms with van der Waals surface area (Å²) in [5.74, 6) is 1.75. The van der Waals surface area contributed by atoms with E-state index in [4.69, 9.17) is 9.47 Å². The van der Waals surface area contributed by atoms with Crippen LogP contribution in [0, 0.1) is 0 Å². The van der Waals surface area contributed by atoms with Gasteiger partial charge in [-0.3, -0.25) is 0 Å². The SMILES string of the molecule is CCCC/C(=C\CCc1ccc2c(c1)OCO2)CCBr. The number of alkyl halides is 1. The van der Waals surface area contributed by atoms with E-state index < -0.39 is 0 Å². The molecule has 0 amide bonds. The maximum Gasteiger partial charge on any atom is 0.231 e. The van der Waals surface area contributed by atoms with Gasteiger partial charge in [0, 0.05) is 5.33 Å². The number of benzene rings is 1. The van der Waals surface area contributed by atoms with Gasteiger partial charge in [0.05, 0.1) is 0 Å². The minimum absolute atomic E-state index is 0.352. The normalized spacial score (nSPS) is 13.8. The van der Waals surface area contributed by atoms with Crippen LogP contribution in [0.4, 0.5) is 0 Å². The Morgan fingerprint density at radius 1 is 1.25 bits per heavy atom. The van der Waals surface area contributed by atoms with Gasteiger partial charge in [0.1, 0.15) is 0 Å². The summed E-state index contributed by atoms with van der Waals surface area (Å²) in [6.07, 6.45) is 9.55. The summed E-state index contributed by atoms with van der Waals surface area (Å²) in [7, 11) is 0. The molecule has 0 saturated carbocycles. The number of hydrogen-bond acceptors (Lipinski definition) is 2. The summed E-state index contributed by atoms with van der Waals surface area (Å²) < 4.78 is 10.7. The highest BCUT2D eigenvalue weighted by Gasteiger charge is 2.12. The number of hydrogen-bond donors (Lipinski definition) is 0. The molecule has 3 heteroatoms. The van der Waals surface area contributed by atoms with Crippen LogP contribution in [0.3, 0.4) is 0 Å². The first kappa shape index (κ1) is 15.4. The zero-order chi connectivity index (χ0) is 14.2. The summed E-state index contributed by atoms with van der Waals surface area (Å²) in [5, 5.41) is 1.06. The summed E-state index contributed by atoms with van der Waals surface area (Å²) in [6, 6.07) is 6.25. The van der Waals surface area contributed by atoms with Gasteiger partial charge in [0.2, 0.25) is 6.79 Å². The number of allylic oxidation sites excluding steroid dienone is 2. The van der Waals surface area contributed by atoms with Gasteiger partial charge in [-0.15, -0.1) is 0 Å². The summed E-state index contributed by atoms with van der Waals surface area (Å²) in [5.41, 5.74) is 2.91. The third-order valence-corrected chi connectivity index (χ3v) is 3.97.